The largest absolute Gasteiger partial charge is 0.347 e. The molecule has 0 saturated heterocycles. The number of hydrogen-bond donors (Lipinski definition) is 3. The van der Waals surface area contributed by atoms with Gasteiger partial charge in [0.2, 0.25) is 11.8 Å². The molecule has 0 aliphatic rings. The van der Waals surface area contributed by atoms with Crippen molar-refractivity contribution in [2.45, 2.75) is 78.8 Å². The van der Waals surface area contributed by atoms with Crippen molar-refractivity contribution >= 4 is 23.3 Å². The highest BCUT2D eigenvalue weighted by atomic mass is 16.2. The van der Waals surface area contributed by atoms with Crippen LogP contribution in [0.25, 0.3) is 0 Å². The number of carbonyl (C=O) groups excluding carboxylic acids is 3. The number of unbranched alkanes of at least 4 members (excludes halogenated alkanes) is 1. The first-order chi connectivity index (χ1) is 18.7. The third kappa shape index (κ3) is 13.5. The highest BCUT2D eigenvalue weighted by Gasteiger charge is 2.20. The van der Waals surface area contributed by atoms with Crippen molar-refractivity contribution in [3.63, 3.8) is 0 Å². The van der Waals surface area contributed by atoms with Gasteiger partial charge in [0.1, 0.15) is 0 Å². The third-order valence-electron chi connectivity index (χ3n) is 6.05. The van der Waals surface area contributed by atoms with Crippen LogP contribution in [0, 0.1) is 0 Å². The maximum absolute atomic E-state index is 12.3. The molecular weight excluding hydrogens is 486 g/mol. The lowest BCUT2D eigenvalue weighted by Crippen LogP contribution is -2.37. The van der Waals surface area contributed by atoms with E-state index >= 15 is 0 Å². The van der Waals surface area contributed by atoms with Crippen LogP contribution in [0.15, 0.2) is 84.9 Å². The molecule has 3 aromatic rings. The first-order valence-electron chi connectivity index (χ1n) is 13.7. The third-order valence-corrected chi connectivity index (χ3v) is 6.05. The maximum atomic E-state index is 12.3. The second-order valence-electron chi connectivity index (χ2n) is 9.28. The zero-order chi connectivity index (χ0) is 29.0. The predicted octanol–water partition coefficient (Wildman–Crippen LogP) is 6.60. The summed E-state index contributed by atoms with van der Waals surface area (Å²) in [5.41, 5.74) is 9.50. The summed E-state index contributed by atoms with van der Waals surface area (Å²) < 4.78 is 0. The van der Waals surface area contributed by atoms with Crippen molar-refractivity contribution in [3.8, 4) is 0 Å². The van der Waals surface area contributed by atoms with Crippen LogP contribution in [0.5, 0.6) is 0 Å². The number of Topliss-reactive ketones (excluding diaryl/α,β-unsaturated/α-hetero) is 1. The average molecular weight is 532 g/mol. The second-order valence-corrected chi connectivity index (χ2v) is 9.28. The van der Waals surface area contributed by atoms with Gasteiger partial charge in [-0.25, -0.2) is 0 Å². The van der Waals surface area contributed by atoms with E-state index in [-0.39, 0.29) is 23.5 Å². The van der Waals surface area contributed by atoms with Crippen molar-refractivity contribution in [1.29, 1.82) is 0 Å². The normalized spacial score (nSPS) is 10.7. The Morgan fingerprint density at radius 3 is 1.74 bits per heavy atom. The predicted molar refractivity (Wildman–Crippen MR) is 161 cm³/mol. The Bertz CT molecular complexity index is 1080. The SMILES string of the molecule is CC(=O)C(C)NC(=O)CC(c1ccccc1)c1ccccc1.CCC(=O)Nc1cccc(CN)c1.CCCC. The van der Waals surface area contributed by atoms with Crippen molar-refractivity contribution in [2.24, 2.45) is 5.73 Å². The molecule has 6 heteroatoms. The summed E-state index contributed by atoms with van der Waals surface area (Å²) in [6.45, 7) is 9.87. The van der Waals surface area contributed by atoms with Gasteiger partial charge in [-0.2, -0.15) is 0 Å². The quantitative estimate of drug-likeness (QED) is 0.274. The lowest BCUT2D eigenvalue weighted by atomic mass is 9.88. The van der Waals surface area contributed by atoms with Crippen LogP contribution in [-0.4, -0.2) is 23.6 Å². The number of nitrogens with one attached hydrogen (secondary N) is 2. The van der Waals surface area contributed by atoms with E-state index in [4.69, 9.17) is 5.73 Å². The van der Waals surface area contributed by atoms with Gasteiger partial charge in [-0.15, -0.1) is 0 Å². The van der Waals surface area contributed by atoms with Crippen LogP contribution in [0.4, 0.5) is 5.69 Å². The van der Waals surface area contributed by atoms with Crippen LogP contribution in [0.2, 0.25) is 0 Å². The van der Waals surface area contributed by atoms with Gasteiger partial charge in [0.05, 0.1) is 6.04 Å². The highest BCUT2D eigenvalue weighted by molar-refractivity contribution is 5.90. The Balaban J connectivity index is 0.000000378. The Morgan fingerprint density at radius 2 is 1.31 bits per heavy atom. The molecule has 6 nitrogen and oxygen atoms in total. The molecule has 0 saturated carbocycles. The fraction of sp³-hybridized carbons (Fsp3) is 0.364. The van der Waals surface area contributed by atoms with Gasteiger partial charge in [0, 0.05) is 31.0 Å². The summed E-state index contributed by atoms with van der Waals surface area (Å²) in [5, 5.41) is 5.53. The van der Waals surface area contributed by atoms with Crippen molar-refractivity contribution < 1.29 is 14.4 Å². The topological polar surface area (TPSA) is 101 Å². The molecule has 0 heterocycles. The van der Waals surface area contributed by atoms with Gasteiger partial charge in [-0.3, -0.25) is 14.4 Å². The number of ketones is 1. The molecule has 0 aliphatic heterocycles. The van der Waals surface area contributed by atoms with Crippen molar-refractivity contribution in [3.05, 3.63) is 102 Å². The number of hydrogen-bond acceptors (Lipinski definition) is 4. The number of rotatable bonds is 10. The van der Waals surface area contributed by atoms with Gasteiger partial charge in [0.25, 0.3) is 0 Å². The summed E-state index contributed by atoms with van der Waals surface area (Å²) >= 11 is 0. The fourth-order valence-corrected chi connectivity index (χ4v) is 3.41. The molecule has 1 atom stereocenters. The number of anilines is 1. The van der Waals surface area contributed by atoms with Crippen LogP contribution in [0.3, 0.4) is 0 Å². The second kappa shape index (κ2) is 19.3. The first-order valence-corrected chi connectivity index (χ1v) is 13.7. The molecule has 1 unspecified atom stereocenters. The van der Waals surface area contributed by atoms with Crippen LogP contribution in [-0.2, 0) is 20.9 Å². The Morgan fingerprint density at radius 1 is 0.769 bits per heavy atom. The lowest BCUT2D eigenvalue weighted by Gasteiger charge is -2.19. The van der Waals surface area contributed by atoms with E-state index in [1.165, 1.54) is 19.8 Å². The van der Waals surface area contributed by atoms with Gasteiger partial charge >= 0.3 is 0 Å². The minimum Gasteiger partial charge on any atom is -0.347 e. The van der Waals surface area contributed by atoms with Gasteiger partial charge < -0.3 is 16.4 Å². The Kier molecular flexibility index (Phi) is 16.5. The van der Waals surface area contributed by atoms with Crippen molar-refractivity contribution in [2.75, 3.05) is 5.32 Å². The monoisotopic (exact) mass is 531 g/mol. The molecule has 0 aromatic heterocycles. The highest BCUT2D eigenvalue weighted by Crippen LogP contribution is 2.27. The Labute approximate surface area is 234 Å². The van der Waals surface area contributed by atoms with E-state index < -0.39 is 6.04 Å². The number of amides is 2. The van der Waals surface area contributed by atoms with Crippen LogP contribution in [0.1, 0.15) is 82.9 Å². The molecule has 4 N–H and O–H groups in total. The molecule has 0 spiro atoms. The van der Waals surface area contributed by atoms with E-state index in [1.807, 2.05) is 91.9 Å². The molecule has 3 rings (SSSR count). The smallest absolute Gasteiger partial charge is 0.224 e. The van der Waals surface area contributed by atoms with Gasteiger partial charge in [-0.05, 0) is 42.7 Å². The van der Waals surface area contributed by atoms with E-state index in [1.54, 1.807) is 6.92 Å². The molecule has 0 bridgehead atoms. The zero-order valence-corrected chi connectivity index (χ0v) is 24.1. The first kappa shape index (κ1) is 33.3. The molecule has 210 valence electrons. The van der Waals surface area contributed by atoms with Crippen molar-refractivity contribution in [1.82, 2.24) is 5.32 Å². The summed E-state index contributed by atoms with van der Waals surface area (Å²) in [5.74, 6) is -0.138. The molecule has 39 heavy (non-hydrogen) atoms. The van der Waals surface area contributed by atoms with Crippen LogP contribution >= 0.6 is 0 Å². The van der Waals surface area contributed by atoms with E-state index in [2.05, 4.69) is 24.5 Å². The van der Waals surface area contributed by atoms with Gasteiger partial charge in [0.15, 0.2) is 5.78 Å². The minimum absolute atomic E-state index is 0.0124. The fourth-order valence-electron chi connectivity index (χ4n) is 3.41. The molecule has 2 amide bonds. The Hall–Kier alpha value is -3.77. The molecule has 0 aliphatic carbocycles. The summed E-state index contributed by atoms with van der Waals surface area (Å²) in [7, 11) is 0. The summed E-state index contributed by atoms with van der Waals surface area (Å²) in [4.78, 5) is 34.6. The zero-order valence-electron chi connectivity index (χ0n) is 24.1. The molecule has 3 aromatic carbocycles. The molecule has 0 fully saturated rings. The van der Waals surface area contributed by atoms with E-state index in [9.17, 15) is 14.4 Å². The van der Waals surface area contributed by atoms with E-state index in [0.717, 1.165) is 22.4 Å². The van der Waals surface area contributed by atoms with E-state index in [0.29, 0.717) is 19.4 Å². The number of carbonyl (C=O) groups is 3. The summed E-state index contributed by atoms with van der Waals surface area (Å²) in [6.07, 6.45) is 3.46. The van der Waals surface area contributed by atoms with Crippen LogP contribution < -0.4 is 16.4 Å². The summed E-state index contributed by atoms with van der Waals surface area (Å²) in [6, 6.07) is 27.0. The minimum atomic E-state index is -0.445. The molecular formula is C33H45N3O3. The lowest BCUT2D eigenvalue weighted by molar-refractivity contribution is -0.126. The maximum Gasteiger partial charge on any atom is 0.224 e. The average Bonchev–Trinajstić information content (AvgIpc) is 2.97. The number of nitrogens with two attached hydrogens (primary N) is 1. The molecule has 0 radical (unpaired) electrons. The van der Waals surface area contributed by atoms with Gasteiger partial charge in [-0.1, -0.05) is 106 Å². The standard InChI is InChI=1S/C19H21NO2.C10H14N2O.C4H10/c1-14(15(2)21)20-19(22)13-18(16-9-5-3-6-10-16)17-11-7-4-8-12-17;1-2-10(13)12-9-5-3-4-8(6-9)7-11;1-3-4-2/h3-12,14,18H,13H2,1-2H3,(H,20,22);3-6H,2,7,11H2,1H3,(H,12,13);3-4H2,1-2H3. The number of benzene rings is 3.